The van der Waals surface area contributed by atoms with Crippen molar-refractivity contribution in [1.82, 2.24) is 5.32 Å². The molecule has 0 saturated heterocycles. The molecule has 2 aromatic rings. The van der Waals surface area contributed by atoms with Gasteiger partial charge in [0.2, 0.25) is 0 Å². The lowest BCUT2D eigenvalue weighted by molar-refractivity contribution is 0.433. The van der Waals surface area contributed by atoms with Gasteiger partial charge in [-0.25, -0.2) is 0 Å². The van der Waals surface area contributed by atoms with Crippen molar-refractivity contribution in [2.75, 3.05) is 0 Å². The Bertz CT molecular complexity index is 606. The van der Waals surface area contributed by atoms with Crippen LogP contribution in [0.3, 0.4) is 0 Å². The lowest BCUT2D eigenvalue weighted by atomic mass is 9.99. The first-order valence-electron chi connectivity index (χ1n) is 7.57. The molecule has 2 heteroatoms. The van der Waals surface area contributed by atoms with Gasteiger partial charge >= 0.3 is 0 Å². The molecule has 0 bridgehead atoms. The minimum Gasteiger partial charge on any atom is -0.508 e. The van der Waals surface area contributed by atoms with Gasteiger partial charge < -0.3 is 10.4 Å². The van der Waals surface area contributed by atoms with Crippen molar-refractivity contribution < 1.29 is 5.11 Å². The van der Waals surface area contributed by atoms with Crippen LogP contribution in [0, 0.1) is 13.8 Å². The van der Waals surface area contributed by atoms with Gasteiger partial charge in [0.1, 0.15) is 5.75 Å². The normalized spacial score (nSPS) is 13.9. The van der Waals surface area contributed by atoms with E-state index in [9.17, 15) is 5.11 Å². The Morgan fingerprint density at radius 3 is 2.48 bits per heavy atom. The highest BCUT2D eigenvalue weighted by Crippen LogP contribution is 2.25. The summed E-state index contributed by atoms with van der Waals surface area (Å²) in [6, 6.07) is 14.7. The van der Waals surface area contributed by atoms with Crippen LogP contribution in [0.25, 0.3) is 0 Å². The topological polar surface area (TPSA) is 32.3 Å². The summed E-state index contributed by atoms with van der Waals surface area (Å²) < 4.78 is 0. The first-order chi connectivity index (χ1) is 9.97. The molecule has 0 heterocycles. The highest BCUT2D eigenvalue weighted by molar-refractivity contribution is 5.37. The van der Waals surface area contributed by atoms with Crippen LogP contribution in [0.5, 0.6) is 5.75 Å². The third kappa shape index (κ3) is 4.08. The zero-order chi connectivity index (χ0) is 15.4. The molecule has 2 aromatic carbocycles. The third-order valence-corrected chi connectivity index (χ3v) is 3.97. The van der Waals surface area contributed by atoms with Crippen LogP contribution < -0.4 is 5.32 Å². The molecule has 0 aliphatic rings. The molecule has 0 radical (unpaired) electrons. The van der Waals surface area contributed by atoms with E-state index >= 15 is 0 Å². The van der Waals surface area contributed by atoms with Crippen molar-refractivity contribution in [3.8, 4) is 5.75 Å². The third-order valence-electron chi connectivity index (χ3n) is 3.97. The number of rotatable bonds is 5. The predicted octanol–water partition coefficient (Wildman–Crippen LogP) is 4.29. The molecule has 2 N–H and O–H groups in total. The Balaban J connectivity index is 2.04. The smallest absolute Gasteiger partial charge is 0.120 e. The molecule has 21 heavy (non-hydrogen) atoms. The zero-order valence-corrected chi connectivity index (χ0v) is 13.4. The number of aromatic hydroxyl groups is 1. The van der Waals surface area contributed by atoms with Crippen LogP contribution in [0.2, 0.25) is 0 Å². The van der Waals surface area contributed by atoms with Crippen LogP contribution >= 0.6 is 0 Å². The summed E-state index contributed by atoms with van der Waals surface area (Å²) in [5, 5.41) is 13.6. The number of hydrogen-bond acceptors (Lipinski definition) is 2. The largest absolute Gasteiger partial charge is 0.508 e. The van der Waals surface area contributed by atoms with Crippen molar-refractivity contribution in [3.63, 3.8) is 0 Å². The van der Waals surface area contributed by atoms with E-state index in [0.29, 0.717) is 11.8 Å². The molecule has 2 atom stereocenters. The van der Waals surface area contributed by atoms with Gasteiger partial charge in [-0.2, -0.15) is 0 Å². The maximum absolute atomic E-state index is 10.0. The second-order valence-corrected chi connectivity index (χ2v) is 5.98. The summed E-state index contributed by atoms with van der Waals surface area (Å²) in [6.45, 7) is 8.49. The molecule has 2 rings (SSSR count). The summed E-state index contributed by atoms with van der Waals surface area (Å²) in [7, 11) is 0. The van der Waals surface area contributed by atoms with E-state index in [0.717, 1.165) is 12.0 Å². The standard InChI is InChI=1S/C19H25NO/c1-13-9-10-19(21)18(11-13)16(4)20-15(3)12-17-8-6-5-7-14(17)2/h5-11,15-16,20-21H,12H2,1-4H3. The van der Waals surface area contributed by atoms with Gasteiger partial charge in [0, 0.05) is 17.6 Å². The lowest BCUT2D eigenvalue weighted by Crippen LogP contribution is -2.31. The van der Waals surface area contributed by atoms with E-state index in [1.165, 1.54) is 16.7 Å². The fourth-order valence-electron chi connectivity index (χ4n) is 2.77. The van der Waals surface area contributed by atoms with Crippen LogP contribution in [-0.2, 0) is 6.42 Å². The SMILES string of the molecule is Cc1ccc(O)c(C(C)NC(C)Cc2ccccc2C)c1. The molecular formula is C19H25NO. The molecule has 0 spiro atoms. The fraction of sp³-hybridized carbons (Fsp3) is 0.368. The van der Waals surface area contributed by atoms with Gasteiger partial charge in [-0.1, -0.05) is 42.0 Å². The Morgan fingerprint density at radius 2 is 1.76 bits per heavy atom. The van der Waals surface area contributed by atoms with E-state index in [-0.39, 0.29) is 6.04 Å². The Hall–Kier alpha value is -1.80. The highest BCUT2D eigenvalue weighted by atomic mass is 16.3. The van der Waals surface area contributed by atoms with Crippen molar-refractivity contribution in [1.29, 1.82) is 0 Å². The number of phenols is 1. The van der Waals surface area contributed by atoms with Crippen LogP contribution in [0.15, 0.2) is 42.5 Å². The molecule has 112 valence electrons. The summed E-state index contributed by atoms with van der Waals surface area (Å²) in [6.07, 6.45) is 0.990. The Kier molecular flexibility index (Phi) is 5.03. The number of aryl methyl sites for hydroxylation is 2. The predicted molar refractivity (Wildman–Crippen MR) is 88.7 cm³/mol. The van der Waals surface area contributed by atoms with E-state index < -0.39 is 0 Å². The first-order valence-corrected chi connectivity index (χ1v) is 7.57. The Labute approximate surface area is 127 Å². The maximum Gasteiger partial charge on any atom is 0.120 e. The van der Waals surface area contributed by atoms with Crippen molar-refractivity contribution >= 4 is 0 Å². The van der Waals surface area contributed by atoms with Gasteiger partial charge in [0.05, 0.1) is 0 Å². The summed E-state index contributed by atoms with van der Waals surface area (Å²) in [5.74, 6) is 0.365. The number of hydrogen-bond donors (Lipinski definition) is 2. The summed E-state index contributed by atoms with van der Waals surface area (Å²) >= 11 is 0. The van der Waals surface area contributed by atoms with Gasteiger partial charge in [0.15, 0.2) is 0 Å². The second-order valence-electron chi connectivity index (χ2n) is 5.98. The molecule has 0 aliphatic heterocycles. The average Bonchev–Trinajstić information content (AvgIpc) is 2.44. The minimum atomic E-state index is 0.129. The van der Waals surface area contributed by atoms with E-state index in [1.807, 2.05) is 19.1 Å². The fourth-order valence-corrected chi connectivity index (χ4v) is 2.77. The number of phenolic OH excluding ortho intramolecular Hbond substituents is 1. The minimum absolute atomic E-state index is 0.129. The van der Waals surface area contributed by atoms with Gasteiger partial charge in [-0.05, 0) is 51.3 Å². The zero-order valence-electron chi connectivity index (χ0n) is 13.4. The summed E-state index contributed by atoms with van der Waals surface area (Å²) in [5.41, 5.74) is 4.84. The quantitative estimate of drug-likeness (QED) is 0.858. The average molecular weight is 283 g/mol. The second kappa shape index (κ2) is 6.77. The maximum atomic E-state index is 10.0. The highest BCUT2D eigenvalue weighted by Gasteiger charge is 2.14. The molecule has 0 aliphatic carbocycles. The number of benzene rings is 2. The Morgan fingerprint density at radius 1 is 1.05 bits per heavy atom. The molecule has 2 unspecified atom stereocenters. The van der Waals surface area contributed by atoms with Crippen LogP contribution in [-0.4, -0.2) is 11.1 Å². The van der Waals surface area contributed by atoms with E-state index in [1.54, 1.807) is 6.07 Å². The molecule has 2 nitrogen and oxygen atoms in total. The van der Waals surface area contributed by atoms with Gasteiger partial charge in [0.25, 0.3) is 0 Å². The van der Waals surface area contributed by atoms with Crippen molar-refractivity contribution in [3.05, 3.63) is 64.7 Å². The molecule has 0 aromatic heterocycles. The molecule has 0 amide bonds. The van der Waals surface area contributed by atoms with Gasteiger partial charge in [-0.15, -0.1) is 0 Å². The lowest BCUT2D eigenvalue weighted by Gasteiger charge is -2.22. The molecule has 0 fully saturated rings. The molecule has 0 saturated carbocycles. The van der Waals surface area contributed by atoms with Crippen LogP contribution in [0.4, 0.5) is 0 Å². The number of nitrogens with one attached hydrogen (secondary N) is 1. The van der Waals surface area contributed by atoms with Gasteiger partial charge in [-0.3, -0.25) is 0 Å². The van der Waals surface area contributed by atoms with E-state index in [2.05, 4.69) is 50.4 Å². The first kappa shape index (κ1) is 15.6. The van der Waals surface area contributed by atoms with E-state index in [4.69, 9.17) is 0 Å². The van der Waals surface area contributed by atoms with Crippen molar-refractivity contribution in [2.24, 2.45) is 0 Å². The molecular weight excluding hydrogens is 258 g/mol. The van der Waals surface area contributed by atoms with Crippen LogP contribution in [0.1, 0.15) is 42.1 Å². The summed E-state index contributed by atoms with van der Waals surface area (Å²) in [4.78, 5) is 0. The van der Waals surface area contributed by atoms with Crippen molar-refractivity contribution in [2.45, 2.75) is 46.2 Å². The monoisotopic (exact) mass is 283 g/mol.